The van der Waals surface area contributed by atoms with Crippen LogP contribution in [0.15, 0.2) is 18.5 Å². The Hall–Kier alpha value is -2.19. The number of nitrogens with one attached hydrogen (secondary N) is 1. The summed E-state index contributed by atoms with van der Waals surface area (Å²) in [5.74, 6) is 0.540. The quantitative estimate of drug-likeness (QED) is 0.820. The molecule has 0 spiro atoms. The smallest absolute Gasteiger partial charge is 0.410 e. The monoisotopic (exact) mass is 379 g/mol. The van der Waals surface area contributed by atoms with Crippen molar-refractivity contribution in [1.82, 2.24) is 19.9 Å². The van der Waals surface area contributed by atoms with Crippen LogP contribution in [0.25, 0.3) is 11.0 Å². The van der Waals surface area contributed by atoms with Crippen molar-refractivity contribution in [2.24, 2.45) is 0 Å². The van der Waals surface area contributed by atoms with E-state index in [1.54, 1.807) is 23.4 Å². The summed E-state index contributed by atoms with van der Waals surface area (Å²) in [4.78, 5) is 26.7. The molecule has 0 bridgehead atoms. The van der Waals surface area contributed by atoms with Gasteiger partial charge in [0.1, 0.15) is 16.3 Å². The van der Waals surface area contributed by atoms with E-state index in [-0.39, 0.29) is 12.2 Å². The van der Waals surface area contributed by atoms with E-state index in [0.29, 0.717) is 48.2 Å². The molecule has 1 unspecified atom stereocenters. The maximum atomic E-state index is 12.2. The fourth-order valence-electron chi connectivity index (χ4n) is 2.61. The average molecular weight is 380 g/mol. The number of nitrogens with zero attached hydrogens (tertiary/aromatic N) is 4. The Morgan fingerprint density at radius 2 is 2.19 bits per heavy atom. The third-order valence-corrected chi connectivity index (χ3v) is 3.91. The molecule has 1 aliphatic heterocycles. The lowest BCUT2D eigenvalue weighted by molar-refractivity contribution is -0.0371. The summed E-state index contributed by atoms with van der Waals surface area (Å²) in [6, 6.07) is 1.66. The molecule has 1 amide bonds. The van der Waals surface area contributed by atoms with Gasteiger partial charge in [0.15, 0.2) is 5.82 Å². The minimum absolute atomic E-state index is 0.191. The van der Waals surface area contributed by atoms with Crippen molar-refractivity contribution >= 4 is 34.5 Å². The van der Waals surface area contributed by atoms with Gasteiger partial charge in [0.2, 0.25) is 0 Å². The van der Waals surface area contributed by atoms with Crippen molar-refractivity contribution in [3.05, 3.63) is 23.6 Å². The molecule has 0 aliphatic carbocycles. The maximum Gasteiger partial charge on any atom is 0.410 e. The topological polar surface area (TPSA) is 89.5 Å². The number of anilines is 1. The summed E-state index contributed by atoms with van der Waals surface area (Å²) in [7, 11) is 0. The van der Waals surface area contributed by atoms with Gasteiger partial charge in [-0.05, 0) is 20.8 Å². The molecule has 26 heavy (non-hydrogen) atoms. The van der Waals surface area contributed by atoms with Crippen molar-refractivity contribution in [2.45, 2.75) is 32.5 Å². The Morgan fingerprint density at radius 3 is 2.96 bits per heavy atom. The van der Waals surface area contributed by atoms with Crippen LogP contribution in [0.4, 0.5) is 10.6 Å². The highest BCUT2D eigenvalue weighted by molar-refractivity contribution is 6.30. The Kier molecular flexibility index (Phi) is 5.43. The van der Waals surface area contributed by atoms with E-state index in [0.717, 1.165) is 0 Å². The lowest BCUT2D eigenvalue weighted by atomic mass is 10.2. The van der Waals surface area contributed by atoms with Crippen LogP contribution >= 0.6 is 11.6 Å². The molecule has 9 heteroatoms. The van der Waals surface area contributed by atoms with Crippen molar-refractivity contribution < 1.29 is 14.3 Å². The summed E-state index contributed by atoms with van der Waals surface area (Å²) >= 11 is 6.05. The van der Waals surface area contributed by atoms with Gasteiger partial charge in [-0.3, -0.25) is 4.98 Å². The van der Waals surface area contributed by atoms with Crippen LogP contribution in [0.2, 0.25) is 5.15 Å². The number of ether oxygens (including phenoxy) is 2. The van der Waals surface area contributed by atoms with E-state index in [2.05, 4.69) is 20.3 Å². The number of hydrogen-bond donors (Lipinski definition) is 1. The molecule has 2 aromatic heterocycles. The van der Waals surface area contributed by atoms with Gasteiger partial charge in [-0.25, -0.2) is 14.8 Å². The highest BCUT2D eigenvalue weighted by atomic mass is 35.5. The minimum Gasteiger partial charge on any atom is -0.444 e. The van der Waals surface area contributed by atoms with Gasteiger partial charge >= 0.3 is 6.09 Å². The predicted octanol–water partition coefficient (Wildman–Crippen LogP) is 2.73. The van der Waals surface area contributed by atoms with E-state index in [9.17, 15) is 4.79 Å². The lowest BCUT2D eigenvalue weighted by Gasteiger charge is -2.34. The van der Waals surface area contributed by atoms with Crippen molar-refractivity contribution in [1.29, 1.82) is 0 Å². The van der Waals surface area contributed by atoms with Gasteiger partial charge in [0.25, 0.3) is 0 Å². The Labute approximate surface area is 156 Å². The summed E-state index contributed by atoms with van der Waals surface area (Å²) < 4.78 is 11.2. The molecule has 0 radical (unpaired) electrons. The molecule has 1 aliphatic rings. The standard InChI is InChI=1S/C17H22ClN5O3/c1-17(2,3)26-16(24)23-6-7-25-11(10-23)9-21-15-14-12(8-13(18)22-15)19-4-5-20-14/h4-5,8,11H,6-7,9-10H2,1-3H3,(H,21,22). The second-order valence-corrected chi connectivity index (χ2v) is 7.40. The normalized spacial score (nSPS) is 18.0. The predicted molar refractivity (Wildman–Crippen MR) is 98.4 cm³/mol. The van der Waals surface area contributed by atoms with Crippen LogP contribution in [0, 0.1) is 0 Å². The number of amides is 1. The third kappa shape index (κ3) is 4.70. The van der Waals surface area contributed by atoms with Gasteiger partial charge in [0, 0.05) is 31.5 Å². The number of fused-ring (bicyclic) bond motifs is 1. The van der Waals surface area contributed by atoms with E-state index in [1.807, 2.05) is 20.8 Å². The van der Waals surface area contributed by atoms with Crippen molar-refractivity contribution in [3.63, 3.8) is 0 Å². The van der Waals surface area contributed by atoms with Crippen LogP contribution in [0.3, 0.4) is 0 Å². The minimum atomic E-state index is -0.522. The molecule has 0 saturated carbocycles. The number of halogens is 1. The Balaban J connectivity index is 1.64. The van der Waals surface area contributed by atoms with Crippen LogP contribution in [0.5, 0.6) is 0 Å². The Bertz CT molecular complexity index is 796. The first kappa shape index (κ1) is 18.6. The number of carbonyl (C=O) groups is 1. The fraction of sp³-hybridized carbons (Fsp3) is 0.529. The van der Waals surface area contributed by atoms with Gasteiger partial charge < -0.3 is 19.7 Å². The molecule has 2 aromatic rings. The zero-order valence-corrected chi connectivity index (χ0v) is 15.8. The van der Waals surface area contributed by atoms with E-state index in [1.165, 1.54) is 0 Å². The molecule has 3 heterocycles. The number of aromatic nitrogens is 3. The van der Waals surface area contributed by atoms with Crippen LogP contribution in [-0.4, -0.2) is 63.9 Å². The molecule has 1 N–H and O–H groups in total. The molecular formula is C17H22ClN5O3. The summed E-state index contributed by atoms with van der Waals surface area (Å²) in [5.41, 5.74) is 0.775. The van der Waals surface area contributed by atoms with Crippen LogP contribution in [0.1, 0.15) is 20.8 Å². The van der Waals surface area contributed by atoms with Crippen LogP contribution in [-0.2, 0) is 9.47 Å². The molecule has 1 saturated heterocycles. The molecule has 1 fully saturated rings. The molecule has 140 valence electrons. The van der Waals surface area contributed by atoms with Gasteiger partial charge in [-0.15, -0.1) is 0 Å². The second-order valence-electron chi connectivity index (χ2n) is 7.02. The van der Waals surface area contributed by atoms with E-state index >= 15 is 0 Å². The SMILES string of the molecule is CC(C)(C)OC(=O)N1CCOC(CNc2nc(Cl)cc3nccnc23)C1. The Morgan fingerprint density at radius 1 is 1.42 bits per heavy atom. The highest BCUT2D eigenvalue weighted by Crippen LogP contribution is 2.21. The average Bonchev–Trinajstić information content (AvgIpc) is 2.58. The number of carbonyl (C=O) groups excluding carboxylic acids is 1. The first-order valence-corrected chi connectivity index (χ1v) is 8.80. The van der Waals surface area contributed by atoms with Gasteiger partial charge in [0.05, 0.1) is 24.8 Å². The van der Waals surface area contributed by atoms with Crippen molar-refractivity contribution in [3.8, 4) is 0 Å². The van der Waals surface area contributed by atoms with Crippen molar-refractivity contribution in [2.75, 3.05) is 31.6 Å². The molecule has 3 rings (SSSR count). The molecule has 8 nitrogen and oxygen atoms in total. The van der Waals surface area contributed by atoms with Crippen LogP contribution < -0.4 is 5.32 Å². The van der Waals surface area contributed by atoms with Gasteiger partial charge in [-0.2, -0.15) is 0 Å². The highest BCUT2D eigenvalue weighted by Gasteiger charge is 2.28. The second kappa shape index (κ2) is 7.59. The largest absolute Gasteiger partial charge is 0.444 e. The molecule has 1 atom stereocenters. The third-order valence-electron chi connectivity index (χ3n) is 3.71. The molecular weight excluding hydrogens is 358 g/mol. The zero-order valence-electron chi connectivity index (χ0n) is 15.0. The lowest BCUT2D eigenvalue weighted by Crippen LogP contribution is -2.49. The fourth-order valence-corrected chi connectivity index (χ4v) is 2.80. The maximum absolute atomic E-state index is 12.2. The number of hydrogen-bond acceptors (Lipinski definition) is 7. The van der Waals surface area contributed by atoms with E-state index < -0.39 is 5.60 Å². The first-order valence-electron chi connectivity index (χ1n) is 8.42. The number of pyridine rings is 1. The summed E-state index contributed by atoms with van der Waals surface area (Å²) in [6.07, 6.45) is 2.68. The summed E-state index contributed by atoms with van der Waals surface area (Å²) in [6.45, 7) is 7.40. The van der Waals surface area contributed by atoms with E-state index in [4.69, 9.17) is 21.1 Å². The number of rotatable bonds is 3. The zero-order chi connectivity index (χ0) is 18.7. The summed E-state index contributed by atoms with van der Waals surface area (Å²) in [5, 5.41) is 3.54. The van der Waals surface area contributed by atoms with Gasteiger partial charge in [-0.1, -0.05) is 11.6 Å². The first-order chi connectivity index (χ1) is 12.3. The molecule has 0 aromatic carbocycles. The number of morpholine rings is 1.